The second kappa shape index (κ2) is 5.93. The number of nitrogens with one attached hydrogen (secondary N) is 2. The van der Waals surface area contributed by atoms with Gasteiger partial charge in [-0.1, -0.05) is 13.8 Å². The number of anilines is 1. The molecule has 2 N–H and O–H groups in total. The van der Waals surface area contributed by atoms with E-state index in [0.29, 0.717) is 18.2 Å². The fourth-order valence-electron chi connectivity index (χ4n) is 2.31. The Hall–Kier alpha value is -1.40. The molecule has 1 aliphatic rings. The summed E-state index contributed by atoms with van der Waals surface area (Å²) in [4.78, 5) is 12.4. The van der Waals surface area contributed by atoms with Crippen LogP contribution in [-0.4, -0.2) is 33.2 Å². The fourth-order valence-corrected chi connectivity index (χ4v) is 3.19. The van der Waals surface area contributed by atoms with E-state index in [4.69, 9.17) is 0 Å². The average Bonchev–Trinajstić information content (AvgIpc) is 2.85. The first-order chi connectivity index (χ1) is 9.44. The molecule has 0 bridgehead atoms. The number of sulfone groups is 1. The van der Waals surface area contributed by atoms with E-state index in [0.717, 1.165) is 6.54 Å². The molecule has 1 amide bonds. The van der Waals surface area contributed by atoms with Crippen LogP contribution in [-0.2, 0) is 14.6 Å². The van der Waals surface area contributed by atoms with Crippen LogP contribution >= 0.6 is 0 Å². The van der Waals surface area contributed by atoms with Crippen molar-refractivity contribution < 1.29 is 13.2 Å². The Labute approximate surface area is 119 Å². The van der Waals surface area contributed by atoms with Crippen LogP contribution in [0.3, 0.4) is 0 Å². The molecule has 2 atom stereocenters. The Kier molecular flexibility index (Phi) is 4.45. The predicted octanol–water partition coefficient (Wildman–Crippen LogP) is 1.27. The van der Waals surface area contributed by atoms with Gasteiger partial charge in [-0.3, -0.25) is 4.79 Å². The van der Waals surface area contributed by atoms with Gasteiger partial charge in [0, 0.05) is 12.2 Å². The number of amides is 1. The Morgan fingerprint density at radius 2 is 1.95 bits per heavy atom. The minimum absolute atomic E-state index is 0.0198. The molecule has 110 valence electrons. The molecule has 1 aromatic carbocycles. The second-order valence-corrected chi connectivity index (χ2v) is 7.44. The Balaban J connectivity index is 2.06. The summed E-state index contributed by atoms with van der Waals surface area (Å²) in [5, 5.41) is 6.02. The number of hydrogen-bond acceptors (Lipinski definition) is 4. The summed E-state index contributed by atoms with van der Waals surface area (Å²) in [6.45, 7) is 5.20. The first kappa shape index (κ1) is 15.0. The lowest BCUT2D eigenvalue weighted by molar-refractivity contribution is -0.120. The van der Waals surface area contributed by atoms with Crippen LogP contribution < -0.4 is 10.6 Å². The quantitative estimate of drug-likeness (QED) is 0.877. The van der Waals surface area contributed by atoms with Crippen molar-refractivity contribution >= 4 is 21.4 Å². The van der Waals surface area contributed by atoms with E-state index >= 15 is 0 Å². The Morgan fingerprint density at radius 3 is 2.45 bits per heavy atom. The maximum Gasteiger partial charge on any atom is 0.229 e. The highest BCUT2D eigenvalue weighted by Gasteiger charge is 2.29. The van der Waals surface area contributed by atoms with Gasteiger partial charge < -0.3 is 10.6 Å². The zero-order chi connectivity index (χ0) is 14.8. The zero-order valence-electron chi connectivity index (χ0n) is 11.7. The fraction of sp³-hybridized carbons (Fsp3) is 0.500. The van der Waals surface area contributed by atoms with Crippen molar-refractivity contribution in [1.29, 1.82) is 0 Å². The molecular weight excluding hydrogens is 276 g/mol. The summed E-state index contributed by atoms with van der Waals surface area (Å²) in [5.74, 6) is 0.335. The van der Waals surface area contributed by atoms with Gasteiger partial charge in [0.15, 0.2) is 9.84 Å². The van der Waals surface area contributed by atoms with E-state index in [-0.39, 0.29) is 22.5 Å². The summed E-state index contributed by atoms with van der Waals surface area (Å²) >= 11 is 0. The largest absolute Gasteiger partial charge is 0.326 e. The van der Waals surface area contributed by atoms with Crippen LogP contribution in [0.4, 0.5) is 5.69 Å². The third kappa shape index (κ3) is 3.19. The van der Waals surface area contributed by atoms with Crippen LogP contribution in [0.1, 0.15) is 13.8 Å². The molecule has 1 heterocycles. The Morgan fingerprint density at radius 1 is 1.30 bits per heavy atom. The smallest absolute Gasteiger partial charge is 0.229 e. The van der Waals surface area contributed by atoms with Gasteiger partial charge in [-0.2, -0.15) is 0 Å². The molecule has 20 heavy (non-hydrogen) atoms. The molecule has 0 spiro atoms. The summed E-state index contributed by atoms with van der Waals surface area (Å²) < 4.78 is 23.4. The zero-order valence-corrected chi connectivity index (χ0v) is 12.5. The minimum atomic E-state index is -3.19. The van der Waals surface area contributed by atoms with Gasteiger partial charge in [-0.25, -0.2) is 8.42 Å². The van der Waals surface area contributed by atoms with E-state index in [1.807, 2.05) is 6.92 Å². The molecule has 0 radical (unpaired) electrons. The summed E-state index contributed by atoms with van der Waals surface area (Å²) in [6.07, 6.45) is 0. The predicted molar refractivity (Wildman–Crippen MR) is 78.3 cm³/mol. The monoisotopic (exact) mass is 296 g/mol. The molecule has 6 heteroatoms. The van der Waals surface area contributed by atoms with Gasteiger partial charge >= 0.3 is 0 Å². The van der Waals surface area contributed by atoms with Crippen LogP contribution in [0.25, 0.3) is 0 Å². The van der Waals surface area contributed by atoms with E-state index in [1.165, 1.54) is 12.1 Å². The lowest BCUT2D eigenvalue weighted by atomic mass is 9.97. The average molecular weight is 296 g/mol. The van der Waals surface area contributed by atoms with Crippen LogP contribution in [0.15, 0.2) is 29.2 Å². The van der Waals surface area contributed by atoms with Crippen LogP contribution in [0.2, 0.25) is 0 Å². The van der Waals surface area contributed by atoms with Gasteiger partial charge in [-0.05, 0) is 36.7 Å². The summed E-state index contributed by atoms with van der Waals surface area (Å²) in [7, 11) is -3.19. The van der Waals surface area contributed by atoms with Gasteiger partial charge in [0.2, 0.25) is 5.91 Å². The standard InChI is InChI=1S/C14H20N2O3S/c1-3-20(18,19)12-6-4-11(5-7-12)16-14(17)13-9-15-8-10(13)2/h4-7,10,13,15H,3,8-9H2,1-2H3,(H,16,17). The van der Waals surface area contributed by atoms with Crippen molar-refractivity contribution in [3.8, 4) is 0 Å². The van der Waals surface area contributed by atoms with Gasteiger partial charge in [0.25, 0.3) is 0 Å². The van der Waals surface area contributed by atoms with Gasteiger partial charge in [0.05, 0.1) is 16.6 Å². The number of hydrogen-bond donors (Lipinski definition) is 2. The third-order valence-corrected chi connectivity index (χ3v) is 5.47. The highest BCUT2D eigenvalue weighted by Crippen LogP contribution is 2.20. The van der Waals surface area contributed by atoms with Crippen molar-refractivity contribution in [3.63, 3.8) is 0 Å². The molecule has 0 saturated carbocycles. The maximum atomic E-state index is 12.1. The molecule has 1 saturated heterocycles. The molecule has 2 unspecified atom stereocenters. The SMILES string of the molecule is CCS(=O)(=O)c1ccc(NC(=O)C2CNCC2C)cc1. The molecule has 1 aromatic rings. The number of benzene rings is 1. The van der Waals surface area contributed by atoms with E-state index in [2.05, 4.69) is 10.6 Å². The number of carbonyl (C=O) groups is 1. The number of rotatable bonds is 4. The van der Waals surface area contributed by atoms with Gasteiger partial charge in [-0.15, -0.1) is 0 Å². The highest BCUT2D eigenvalue weighted by atomic mass is 32.2. The second-order valence-electron chi connectivity index (χ2n) is 5.16. The van der Waals surface area contributed by atoms with E-state index in [1.54, 1.807) is 19.1 Å². The molecule has 1 fully saturated rings. The van der Waals surface area contributed by atoms with Crippen molar-refractivity contribution in [2.24, 2.45) is 11.8 Å². The lowest BCUT2D eigenvalue weighted by Crippen LogP contribution is -2.27. The summed E-state index contributed by atoms with van der Waals surface area (Å²) in [5.41, 5.74) is 0.629. The third-order valence-electron chi connectivity index (χ3n) is 3.72. The Bertz CT molecular complexity index is 581. The molecule has 0 aromatic heterocycles. The minimum Gasteiger partial charge on any atom is -0.326 e. The van der Waals surface area contributed by atoms with Crippen molar-refractivity contribution in [2.45, 2.75) is 18.7 Å². The van der Waals surface area contributed by atoms with Gasteiger partial charge in [0.1, 0.15) is 0 Å². The molecule has 1 aliphatic heterocycles. The molecular formula is C14H20N2O3S. The van der Waals surface area contributed by atoms with Crippen molar-refractivity contribution in [3.05, 3.63) is 24.3 Å². The molecule has 5 nitrogen and oxygen atoms in total. The maximum absolute atomic E-state index is 12.1. The number of carbonyl (C=O) groups excluding carboxylic acids is 1. The lowest BCUT2D eigenvalue weighted by Gasteiger charge is -2.14. The topological polar surface area (TPSA) is 75.3 Å². The van der Waals surface area contributed by atoms with E-state index < -0.39 is 9.84 Å². The van der Waals surface area contributed by atoms with Crippen molar-refractivity contribution in [1.82, 2.24) is 5.32 Å². The normalized spacial score (nSPS) is 22.7. The van der Waals surface area contributed by atoms with E-state index in [9.17, 15) is 13.2 Å². The summed E-state index contributed by atoms with van der Waals surface area (Å²) in [6, 6.07) is 6.33. The molecule has 2 rings (SSSR count). The van der Waals surface area contributed by atoms with Crippen molar-refractivity contribution in [2.75, 3.05) is 24.2 Å². The van der Waals surface area contributed by atoms with Crippen LogP contribution in [0.5, 0.6) is 0 Å². The highest BCUT2D eigenvalue weighted by molar-refractivity contribution is 7.91. The van der Waals surface area contributed by atoms with Crippen LogP contribution in [0, 0.1) is 11.8 Å². The molecule has 0 aliphatic carbocycles. The first-order valence-corrected chi connectivity index (χ1v) is 8.43. The first-order valence-electron chi connectivity index (χ1n) is 6.78.